The number of halogens is 1. The number of aryl methyl sites for hydroxylation is 3. The molecule has 0 aliphatic rings. The molecule has 1 N–H and O–H groups in total. The second kappa shape index (κ2) is 7.12. The first kappa shape index (κ1) is 17.9. The summed E-state index contributed by atoms with van der Waals surface area (Å²) in [5.41, 5.74) is 3.72. The summed E-state index contributed by atoms with van der Waals surface area (Å²) in [4.78, 5) is 24.5. The number of nitrogens with one attached hydrogen (secondary N) is 1. The maximum atomic E-state index is 13.1. The van der Waals surface area contributed by atoms with E-state index in [1.807, 2.05) is 32.0 Å². The SMILES string of the molecule is Cc1ccc2c(C)c(CCC(=O)Nc3ccc(F)cc3C)c(=O)oc2c1. The maximum Gasteiger partial charge on any atom is 0.339 e. The highest BCUT2D eigenvalue weighted by molar-refractivity contribution is 5.91. The molecule has 1 amide bonds. The third kappa shape index (κ3) is 3.67. The molecule has 0 saturated carbocycles. The van der Waals surface area contributed by atoms with Crippen LogP contribution >= 0.6 is 0 Å². The molecule has 0 aliphatic heterocycles. The van der Waals surface area contributed by atoms with Crippen molar-refractivity contribution >= 4 is 22.6 Å². The van der Waals surface area contributed by atoms with Crippen LogP contribution in [-0.4, -0.2) is 5.91 Å². The third-order valence-corrected chi connectivity index (χ3v) is 4.51. The van der Waals surface area contributed by atoms with Gasteiger partial charge in [0, 0.05) is 23.1 Å². The normalized spacial score (nSPS) is 10.9. The van der Waals surface area contributed by atoms with Crippen LogP contribution in [0.25, 0.3) is 11.0 Å². The van der Waals surface area contributed by atoms with Crippen LogP contribution in [0.15, 0.2) is 45.6 Å². The summed E-state index contributed by atoms with van der Waals surface area (Å²) in [5, 5.41) is 3.63. The Kier molecular flexibility index (Phi) is 4.89. The topological polar surface area (TPSA) is 59.3 Å². The lowest BCUT2D eigenvalue weighted by Crippen LogP contribution is -2.17. The van der Waals surface area contributed by atoms with Crippen molar-refractivity contribution in [2.24, 2.45) is 0 Å². The molecular weight excluding hydrogens is 333 g/mol. The van der Waals surface area contributed by atoms with Crippen molar-refractivity contribution in [3.05, 3.63) is 74.9 Å². The summed E-state index contributed by atoms with van der Waals surface area (Å²) in [6.45, 7) is 5.53. The first-order chi connectivity index (χ1) is 12.3. The van der Waals surface area contributed by atoms with Gasteiger partial charge >= 0.3 is 5.63 Å². The number of carbonyl (C=O) groups excluding carboxylic acids is 1. The summed E-state index contributed by atoms with van der Waals surface area (Å²) in [6, 6.07) is 9.90. The summed E-state index contributed by atoms with van der Waals surface area (Å²) < 4.78 is 18.5. The molecule has 134 valence electrons. The minimum absolute atomic E-state index is 0.139. The maximum absolute atomic E-state index is 13.1. The fourth-order valence-corrected chi connectivity index (χ4v) is 3.01. The van der Waals surface area contributed by atoms with E-state index >= 15 is 0 Å². The lowest BCUT2D eigenvalue weighted by molar-refractivity contribution is -0.116. The van der Waals surface area contributed by atoms with E-state index in [4.69, 9.17) is 4.42 Å². The van der Waals surface area contributed by atoms with Gasteiger partial charge in [0.15, 0.2) is 0 Å². The molecule has 1 heterocycles. The van der Waals surface area contributed by atoms with Gasteiger partial charge in [-0.05, 0) is 68.1 Å². The molecule has 0 unspecified atom stereocenters. The van der Waals surface area contributed by atoms with Crippen LogP contribution in [-0.2, 0) is 11.2 Å². The minimum atomic E-state index is -0.411. The Morgan fingerprint density at radius 3 is 2.62 bits per heavy atom. The lowest BCUT2D eigenvalue weighted by atomic mass is 10.0. The van der Waals surface area contributed by atoms with E-state index in [0.29, 0.717) is 22.4 Å². The van der Waals surface area contributed by atoms with E-state index in [9.17, 15) is 14.0 Å². The first-order valence-corrected chi connectivity index (χ1v) is 8.44. The predicted molar refractivity (Wildman–Crippen MR) is 100 cm³/mol. The standard InChI is InChI=1S/C21H20FNO3/c1-12-4-6-16-14(3)17(21(25)26-19(16)10-12)7-9-20(24)23-18-8-5-15(22)11-13(18)2/h4-6,8,10-11H,7,9H2,1-3H3,(H,23,24). The second-order valence-electron chi connectivity index (χ2n) is 6.50. The number of carbonyl (C=O) groups is 1. The van der Waals surface area contributed by atoms with E-state index in [1.54, 1.807) is 6.92 Å². The largest absolute Gasteiger partial charge is 0.423 e. The zero-order valence-corrected chi connectivity index (χ0v) is 15.0. The van der Waals surface area contributed by atoms with Gasteiger partial charge in [0.2, 0.25) is 5.91 Å². The number of hydrogen-bond donors (Lipinski definition) is 1. The Balaban J connectivity index is 1.78. The predicted octanol–water partition coefficient (Wildman–Crippen LogP) is 4.43. The number of benzene rings is 2. The van der Waals surface area contributed by atoms with Gasteiger partial charge in [0.05, 0.1) is 0 Å². The Hall–Kier alpha value is -2.95. The Bertz CT molecular complexity index is 1050. The number of hydrogen-bond acceptors (Lipinski definition) is 3. The minimum Gasteiger partial charge on any atom is -0.423 e. The van der Waals surface area contributed by atoms with E-state index in [1.165, 1.54) is 18.2 Å². The highest BCUT2D eigenvalue weighted by Gasteiger charge is 2.14. The molecule has 3 aromatic rings. The summed E-state index contributed by atoms with van der Waals surface area (Å²) >= 11 is 0. The van der Waals surface area contributed by atoms with Gasteiger partial charge in [-0.3, -0.25) is 4.79 Å². The van der Waals surface area contributed by atoms with Crippen molar-refractivity contribution in [2.75, 3.05) is 5.32 Å². The van der Waals surface area contributed by atoms with Crippen molar-refractivity contribution in [1.82, 2.24) is 0 Å². The number of amides is 1. The molecule has 0 atom stereocenters. The zero-order chi connectivity index (χ0) is 18.8. The van der Waals surface area contributed by atoms with Crippen LogP contribution in [0, 0.1) is 26.6 Å². The average molecular weight is 353 g/mol. The average Bonchev–Trinajstić information content (AvgIpc) is 2.57. The van der Waals surface area contributed by atoms with Gasteiger partial charge in [-0.1, -0.05) is 12.1 Å². The highest BCUT2D eigenvalue weighted by atomic mass is 19.1. The summed E-state index contributed by atoms with van der Waals surface area (Å²) in [6.07, 6.45) is 0.420. The molecule has 5 heteroatoms. The van der Waals surface area contributed by atoms with Crippen LogP contribution < -0.4 is 10.9 Å². The monoisotopic (exact) mass is 353 g/mol. The highest BCUT2D eigenvalue weighted by Crippen LogP contribution is 2.22. The first-order valence-electron chi connectivity index (χ1n) is 8.44. The molecular formula is C21H20FNO3. The Morgan fingerprint density at radius 1 is 1.12 bits per heavy atom. The van der Waals surface area contributed by atoms with Crippen molar-refractivity contribution in [3.8, 4) is 0 Å². The van der Waals surface area contributed by atoms with Crippen LogP contribution in [0.4, 0.5) is 10.1 Å². The van der Waals surface area contributed by atoms with Crippen LogP contribution in [0.1, 0.15) is 28.7 Å². The van der Waals surface area contributed by atoms with Crippen molar-refractivity contribution in [2.45, 2.75) is 33.6 Å². The molecule has 4 nitrogen and oxygen atoms in total. The van der Waals surface area contributed by atoms with Gasteiger partial charge in [-0.25, -0.2) is 9.18 Å². The fraction of sp³-hybridized carbons (Fsp3) is 0.238. The Labute approximate surface area is 150 Å². The number of fused-ring (bicyclic) bond motifs is 1. The fourth-order valence-electron chi connectivity index (χ4n) is 3.01. The quantitative estimate of drug-likeness (QED) is 0.706. The molecule has 0 fully saturated rings. The molecule has 0 aliphatic carbocycles. The van der Waals surface area contributed by atoms with E-state index in [-0.39, 0.29) is 24.6 Å². The molecule has 26 heavy (non-hydrogen) atoms. The van der Waals surface area contributed by atoms with Crippen molar-refractivity contribution < 1.29 is 13.6 Å². The zero-order valence-electron chi connectivity index (χ0n) is 15.0. The Morgan fingerprint density at radius 2 is 1.88 bits per heavy atom. The summed E-state index contributed by atoms with van der Waals surface area (Å²) in [7, 11) is 0. The molecule has 0 bridgehead atoms. The number of anilines is 1. The van der Waals surface area contributed by atoms with Gasteiger partial charge in [-0.2, -0.15) is 0 Å². The molecule has 3 rings (SSSR count). The van der Waals surface area contributed by atoms with Gasteiger partial charge in [0.25, 0.3) is 0 Å². The van der Waals surface area contributed by atoms with E-state index in [2.05, 4.69) is 5.32 Å². The lowest BCUT2D eigenvalue weighted by Gasteiger charge is -2.10. The summed E-state index contributed by atoms with van der Waals surface area (Å²) in [5.74, 6) is -0.581. The van der Waals surface area contributed by atoms with Gasteiger partial charge in [0.1, 0.15) is 11.4 Å². The smallest absolute Gasteiger partial charge is 0.339 e. The number of rotatable bonds is 4. The molecule has 2 aromatic carbocycles. The third-order valence-electron chi connectivity index (χ3n) is 4.51. The van der Waals surface area contributed by atoms with Crippen LogP contribution in [0.5, 0.6) is 0 Å². The molecule has 0 saturated heterocycles. The van der Waals surface area contributed by atoms with E-state index in [0.717, 1.165) is 16.5 Å². The van der Waals surface area contributed by atoms with Crippen LogP contribution in [0.3, 0.4) is 0 Å². The van der Waals surface area contributed by atoms with Crippen molar-refractivity contribution in [1.29, 1.82) is 0 Å². The molecule has 0 radical (unpaired) electrons. The van der Waals surface area contributed by atoms with Crippen LogP contribution in [0.2, 0.25) is 0 Å². The van der Waals surface area contributed by atoms with Gasteiger partial charge < -0.3 is 9.73 Å². The molecule has 0 spiro atoms. The molecule has 1 aromatic heterocycles. The van der Waals surface area contributed by atoms with Crippen molar-refractivity contribution in [3.63, 3.8) is 0 Å². The van der Waals surface area contributed by atoms with E-state index < -0.39 is 5.63 Å². The van der Waals surface area contributed by atoms with Gasteiger partial charge in [-0.15, -0.1) is 0 Å². The second-order valence-corrected chi connectivity index (χ2v) is 6.50.